The summed E-state index contributed by atoms with van der Waals surface area (Å²) in [5.74, 6) is 0.697. The summed E-state index contributed by atoms with van der Waals surface area (Å²) in [5, 5.41) is 16.6. The molecule has 3 aliphatic rings. The van der Waals surface area contributed by atoms with Crippen LogP contribution in [0.3, 0.4) is 0 Å². The minimum absolute atomic E-state index is 0.197. The topological polar surface area (TPSA) is 107 Å². The average molecular weight is 588 g/mol. The predicted octanol–water partition coefficient (Wildman–Crippen LogP) is 5.37. The van der Waals surface area contributed by atoms with Crippen molar-refractivity contribution in [1.82, 2.24) is 24.8 Å². The van der Waals surface area contributed by atoms with E-state index in [1.54, 1.807) is 11.8 Å². The Kier molecular flexibility index (Phi) is 8.08. The van der Waals surface area contributed by atoms with Crippen LogP contribution >= 0.6 is 34.3 Å². The highest BCUT2D eigenvalue weighted by atomic mass is 35.5. The van der Waals surface area contributed by atoms with E-state index >= 15 is 0 Å². The summed E-state index contributed by atoms with van der Waals surface area (Å²) in [5.41, 5.74) is 2.89. The molecule has 9 nitrogen and oxygen atoms in total. The van der Waals surface area contributed by atoms with Crippen LogP contribution in [0.5, 0.6) is 0 Å². The first kappa shape index (κ1) is 27.4. The smallest absolute Gasteiger partial charge is 0.210 e. The number of fused-ring (bicyclic) bond motifs is 2. The van der Waals surface area contributed by atoms with Crippen LogP contribution in [0.2, 0.25) is 5.02 Å². The molecule has 7 rings (SSSR count). The number of carbonyl (C=O) groups excluding carboxylic acids is 1. The highest BCUT2D eigenvalue weighted by Gasteiger charge is 2.44. The Morgan fingerprint density at radius 3 is 2.59 bits per heavy atom. The normalized spacial score (nSPS) is 18.6. The summed E-state index contributed by atoms with van der Waals surface area (Å²) in [4.78, 5) is 32.7. The van der Waals surface area contributed by atoms with Gasteiger partial charge in [-0.25, -0.2) is 24.3 Å². The second-order valence-corrected chi connectivity index (χ2v) is 11.8. The highest BCUT2D eigenvalue weighted by molar-refractivity contribution is 7.17. The fourth-order valence-electron chi connectivity index (χ4n) is 4.54. The number of aliphatic hydroxyl groups is 1. The van der Waals surface area contributed by atoms with E-state index in [4.69, 9.17) is 11.6 Å². The van der Waals surface area contributed by atoms with Gasteiger partial charge in [0.05, 0.1) is 33.4 Å². The number of pyridine rings is 2. The van der Waals surface area contributed by atoms with Crippen molar-refractivity contribution in [3.63, 3.8) is 0 Å². The average Bonchev–Trinajstić information content (AvgIpc) is 3.52. The van der Waals surface area contributed by atoms with Gasteiger partial charge >= 0.3 is 0 Å². The van der Waals surface area contributed by atoms with Crippen molar-refractivity contribution in [2.45, 2.75) is 45.4 Å². The van der Waals surface area contributed by atoms with Gasteiger partial charge in [0.25, 0.3) is 0 Å². The molecule has 13 heteroatoms. The van der Waals surface area contributed by atoms with Crippen LogP contribution in [0.1, 0.15) is 35.7 Å². The first-order valence-electron chi connectivity index (χ1n) is 12.3. The number of halogens is 2. The number of hydrogen-bond acceptors (Lipinski definition) is 10. The molecule has 7 heterocycles. The number of thiazole rings is 2. The van der Waals surface area contributed by atoms with Gasteiger partial charge in [0.15, 0.2) is 16.8 Å². The second kappa shape index (κ2) is 11.5. The van der Waals surface area contributed by atoms with Crippen molar-refractivity contribution >= 4 is 57.5 Å². The van der Waals surface area contributed by atoms with Crippen LogP contribution in [-0.2, 0) is 4.79 Å². The number of carbonyl (C=O) groups is 1. The Labute approximate surface area is 238 Å². The molecule has 0 spiro atoms. The van der Waals surface area contributed by atoms with Crippen molar-refractivity contribution in [1.29, 1.82) is 0 Å². The Morgan fingerprint density at radius 1 is 1.21 bits per heavy atom. The number of rotatable bonds is 6. The summed E-state index contributed by atoms with van der Waals surface area (Å²) in [6.45, 7) is 6.94. The van der Waals surface area contributed by atoms with Crippen LogP contribution in [0.15, 0.2) is 36.0 Å². The van der Waals surface area contributed by atoms with E-state index in [1.165, 1.54) is 34.9 Å². The number of aliphatic hydroxyl groups excluding tert-OH is 1. The van der Waals surface area contributed by atoms with Gasteiger partial charge in [0.2, 0.25) is 6.41 Å². The molecule has 2 N–H and O–H groups in total. The summed E-state index contributed by atoms with van der Waals surface area (Å²) in [6, 6.07) is 5.60. The van der Waals surface area contributed by atoms with E-state index in [9.17, 15) is 14.3 Å². The zero-order valence-electron chi connectivity index (χ0n) is 21.5. The lowest BCUT2D eigenvalue weighted by atomic mass is 9.88. The highest BCUT2D eigenvalue weighted by Crippen LogP contribution is 2.35. The number of hydrogen-bond donors (Lipinski definition) is 2. The molecule has 3 aliphatic heterocycles. The van der Waals surface area contributed by atoms with Gasteiger partial charge in [0, 0.05) is 30.9 Å². The van der Waals surface area contributed by atoms with E-state index in [2.05, 4.69) is 25.3 Å². The maximum atomic E-state index is 13.7. The number of nitrogens with zero attached hydrogens (tertiary/aromatic N) is 6. The monoisotopic (exact) mass is 587 g/mol. The second-order valence-electron chi connectivity index (χ2n) is 9.49. The van der Waals surface area contributed by atoms with Gasteiger partial charge in [0.1, 0.15) is 16.9 Å². The fourth-order valence-corrected chi connectivity index (χ4v) is 6.44. The zero-order chi connectivity index (χ0) is 27.7. The zero-order valence-corrected chi connectivity index (χ0v) is 23.9. The molecule has 3 saturated heterocycles. The molecule has 4 aromatic heterocycles. The van der Waals surface area contributed by atoms with Crippen molar-refractivity contribution in [2.75, 3.05) is 23.3 Å². The largest absolute Gasteiger partial charge is 0.386 e. The number of piperazine rings is 1. The van der Waals surface area contributed by atoms with Crippen LogP contribution in [0.25, 0.3) is 10.6 Å². The van der Waals surface area contributed by atoms with Crippen LogP contribution < -0.4 is 10.2 Å². The minimum atomic E-state index is -0.551. The van der Waals surface area contributed by atoms with Gasteiger partial charge < -0.3 is 20.2 Å². The lowest BCUT2D eigenvalue weighted by Crippen LogP contribution is -2.68. The molecular formula is C26H27ClFN7O2S2. The Hall–Kier alpha value is -3.19. The number of aromatic nitrogens is 4. The molecule has 4 aromatic rings. The van der Waals surface area contributed by atoms with Crippen molar-refractivity contribution < 1.29 is 14.3 Å². The summed E-state index contributed by atoms with van der Waals surface area (Å²) in [6.07, 6.45) is 4.59. The van der Waals surface area contributed by atoms with E-state index < -0.39 is 11.9 Å². The SMILES string of the molecule is Cc1ccc(Nc2nc(-c3sc(C(C)O)nc3C)cs2)nc1.O=CN1[C@@H]2C[C@H]1CN(c1ncc(Cl)cc1F)C2. The summed E-state index contributed by atoms with van der Waals surface area (Å²) >= 11 is 8.67. The van der Waals surface area contributed by atoms with Gasteiger partial charge in [-0.05, 0) is 44.9 Å². The van der Waals surface area contributed by atoms with Crippen LogP contribution in [0.4, 0.5) is 21.2 Å². The lowest BCUT2D eigenvalue weighted by molar-refractivity contribution is -0.131. The number of anilines is 3. The first-order valence-corrected chi connectivity index (χ1v) is 14.4. The Morgan fingerprint density at radius 2 is 1.97 bits per heavy atom. The standard InChI is InChI=1S/C15H16N4OS2.C11H11ClFN3O/c1-8-4-5-12(16-6-8)19-15-18-11(7-21-15)13-9(2)17-14(22-13)10(3)20;12-7-1-10(13)11(14-3-7)15-4-8-2-9(5-15)16(8)6-17/h4-7,10,20H,1-3H3,(H,16,18,19);1,3,6,8-9H,2,4-5H2/t;8-,9+. The minimum Gasteiger partial charge on any atom is -0.386 e. The Balaban J connectivity index is 0.000000163. The summed E-state index contributed by atoms with van der Waals surface area (Å²) < 4.78 is 13.7. The van der Waals surface area contributed by atoms with E-state index in [0.717, 1.165) is 50.6 Å². The van der Waals surface area contributed by atoms with Crippen LogP contribution in [0, 0.1) is 19.7 Å². The number of amides is 1. The van der Waals surface area contributed by atoms with Gasteiger partial charge in [-0.15, -0.1) is 22.7 Å². The molecule has 3 atom stereocenters. The molecular weight excluding hydrogens is 561 g/mol. The maximum absolute atomic E-state index is 13.7. The third-order valence-electron chi connectivity index (χ3n) is 6.51. The third kappa shape index (κ3) is 6.03. The molecule has 1 amide bonds. The predicted molar refractivity (Wildman–Crippen MR) is 152 cm³/mol. The third-order valence-corrected chi connectivity index (χ3v) is 8.83. The molecule has 0 radical (unpaired) electrons. The summed E-state index contributed by atoms with van der Waals surface area (Å²) in [7, 11) is 0. The molecule has 3 fully saturated rings. The number of nitrogens with one attached hydrogen (secondary N) is 1. The van der Waals surface area contributed by atoms with Gasteiger partial charge in [-0.2, -0.15) is 0 Å². The quantitative estimate of drug-likeness (QED) is 0.290. The van der Waals surface area contributed by atoms with E-state index in [1.807, 2.05) is 42.5 Å². The van der Waals surface area contributed by atoms with Crippen molar-refractivity contribution in [3.05, 3.63) is 63.1 Å². The van der Waals surface area contributed by atoms with Gasteiger partial charge in [-0.3, -0.25) is 4.79 Å². The molecule has 1 unspecified atom stereocenters. The van der Waals surface area contributed by atoms with Crippen molar-refractivity contribution in [2.24, 2.45) is 0 Å². The first-order chi connectivity index (χ1) is 18.7. The lowest BCUT2D eigenvalue weighted by Gasteiger charge is -2.54. The molecule has 204 valence electrons. The molecule has 0 aromatic carbocycles. The Bertz CT molecular complexity index is 1450. The van der Waals surface area contributed by atoms with E-state index in [0.29, 0.717) is 23.9 Å². The van der Waals surface area contributed by atoms with E-state index in [-0.39, 0.29) is 12.1 Å². The molecule has 39 heavy (non-hydrogen) atoms. The molecule has 0 aliphatic carbocycles. The number of piperidine rings is 1. The van der Waals surface area contributed by atoms with Crippen molar-refractivity contribution in [3.8, 4) is 10.6 Å². The maximum Gasteiger partial charge on any atom is 0.210 e. The van der Waals surface area contributed by atoms with Crippen LogP contribution in [-0.4, -0.2) is 61.5 Å². The number of aryl methyl sites for hydroxylation is 2. The van der Waals surface area contributed by atoms with Gasteiger partial charge in [-0.1, -0.05) is 17.7 Å². The fraction of sp³-hybridized carbons (Fsp3) is 0.346. The molecule has 2 bridgehead atoms. The molecule has 0 saturated carbocycles.